The number of hydrogen-bond acceptors (Lipinski definition) is 3. The lowest BCUT2D eigenvalue weighted by Crippen LogP contribution is -2.20. The Labute approximate surface area is 102 Å². The Hall–Kier alpha value is -1.55. The molecule has 4 heteroatoms. The van der Waals surface area contributed by atoms with Crippen LogP contribution in [0.5, 0.6) is 5.75 Å². The van der Waals surface area contributed by atoms with E-state index < -0.39 is 5.97 Å². The molecule has 2 N–H and O–H groups in total. The van der Waals surface area contributed by atoms with Gasteiger partial charge in [0.2, 0.25) is 0 Å². The molecule has 0 bridgehead atoms. The van der Waals surface area contributed by atoms with Crippen LogP contribution < -0.4 is 10.1 Å². The first-order valence-electron chi connectivity index (χ1n) is 5.72. The Kier molecular flexibility index (Phi) is 5.49. The third kappa shape index (κ3) is 4.87. The summed E-state index contributed by atoms with van der Waals surface area (Å²) in [5, 5.41) is 11.8. The molecule has 1 aromatic carbocycles. The van der Waals surface area contributed by atoms with Crippen molar-refractivity contribution in [3.8, 4) is 5.75 Å². The highest BCUT2D eigenvalue weighted by molar-refractivity contribution is 5.66. The van der Waals surface area contributed by atoms with E-state index in [0.717, 1.165) is 5.75 Å². The number of aliphatic carboxylic acids is 1. The molecule has 0 aliphatic rings. The molecule has 0 spiro atoms. The summed E-state index contributed by atoms with van der Waals surface area (Å²) in [4.78, 5) is 10.3. The van der Waals surface area contributed by atoms with Gasteiger partial charge in [0, 0.05) is 12.5 Å². The summed E-state index contributed by atoms with van der Waals surface area (Å²) < 4.78 is 5.09. The fourth-order valence-electron chi connectivity index (χ4n) is 1.57. The number of benzene rings is 1. The minimum absolute atomic E-state index is 0.211. The van der Waals surface area contributed by atoms with Crippen molar-refractivity contribution in [2.75, 3.05) is 13.7 Å². The number of methoxy groups -OCH3 is 1. The van der Waals surface area contributed by atoms with Crippen LogP contribution in [0.4, 0.5) is 0 Å². The first-order chi connectivity index (χ1) is 8.13. The fourth-order valence-corrected chi connectivity index (χ4v) is 1.57. The van der Waals surface area contributed by atoms with Crippen molar-refractivity contribution >= 4 is 5.97 Å². The van der Waals surface area contributed by atoms with Crippen LogP contribution in [0.2, 0.25) is 0 Å². The van der Waals surface area contributed by atoms with E-state index in [-0.39, 0.29) is 12.5 Å². The molecule has 0 heterocycles. The SMILES string of the molecule is COc1ccc(C(C)NCCCC(=O)O)cc1. The molecule has 17 heavy (non-hydrogen) atoms. The molecule has 1 unspecified atom stereocenters. The average Bonchev–Trinajstić information content (AvgIpc) is 2.34. The van der Waals surface area contributed by atoms with Crippen molar-refractivity contribution < 1.29 is 14.6 Å². The van der Waals surface area contributed by atoms with Crippen LogP contribution in [0.1, 0.15) is 31.4 Å². The van der Waals surface area contributed by atoms with Crippen LogP contribution in [0.15, 0.2) is 24.3 Å². The average molecular weight is 237 g/mol. The first kappa shape index (κ1) is 13.5. The standard InChI is InChI=1S/C13H19NO3/c1-10(14-9-3-4-13(15)16)11-5-7-12(17-2)8-6-11/h5-8,10,14H,3-4,9H2,1-2H3,(H,15,16). The predicted molar refractivity (Wildman–Crippen MR) is 66.3 cm³/mol. The molecule has 0 aliphatic carbocycles. The fraction of sp³-hybridized carbons (Fsp3) is 0.462. The zero-order valence-corrected chi connectivity index (χ0v) is 10.3. The van der Waals surface area contributed by atoms with E-state index >= 15 is 0 Å². The Bertz CT molecular complexity index is 348. The molecule has 0 aromatic heterocycles. The summed E-state index contributed by atoms with van der Waals surface area (Å²) in [5.41, 5.74) is 1.17. The number of carboxylic acids is 1. The normalized spacial score (nSPS) is 12.1. The summed E-state index contributed by atoms with van der Waals surface area (Å²) >= 11 is 0. The molecule has 0 fully saturated rings. The lowest BCUT2D eigenvalue weighted by atomic mass is 10.1. The van der Waals surface area contributed by atoms with Gasteiger partial charge in [-0.05, 0) is 37.6 Å². The quantitative estimate of drug-likeness (QED) is 0.714. The van der Waals surface area contributed by atoms with Crippen LogP contribution in [0.25, 0.3) is 0 Å². The van der Waals surface area contributed by atoms with E-state index in [4.69, 9.17) is 9.84 Å². The van der Waals surface area contributed by atoms with Gasteiger partial charge in [-0.1, -0.05) is 12.1 Å². The monoisotopic (exact) mass is 237 g/mol. The molecule has 0 saturated carbocycles. The van der Waals surface area contributed by atoms with Crippen molar-refractivity contribution in [3.63, 3.8) is 0 Å². The van der Waals surface area contributed by atoms with Crippen molar-refractivity contribution in [1.82, 2.24) is 5.32 Å². The molecule has 0 aliphatic heterocycles. The Balaban J connectivity index is 2.35. The van der Waals surface area contributed by atoms with E-state index in [2.05, 4.69) is 12.2 Å². The molecular formula is C13H19NO3. The summed E-state index contributed by atoms with van der Waals surface area (Å²) in [7, 11) is 1.64. The smallest absolute Gasteiger partial charge is 0.303 e. The lowest BCUT2D eigenvalue weighted by Gasteiger charge is -2.14. The minimum Gasteiger partial charge on any atom is -0.497 e. The molecule has 1 aromatic rings. The van der Waals surface area contributed by atoms with Gasteiger partial charge in [-0.3, -0.25) is 4.79 Å². The summed E-state index contributed by atoms with van der Waals surface area (Å²) in [5.74, 6) is 0.0933. The number of rotatable bonds is 7. The molecule has 4 nitrogen and oxygen atoms in total. The maximum atomic E-state index is 10.3. The topological polar surface area (TPSA) is 58.6 Å². The van der Waals surface area contributed by atoms with Crippen LogP contribution in [0.3, 0.4) is 0 Å². The third-order valence-electron chi connectivity index (χ3n) is 2.63. The van der Waals surface area contributed by atoms with E-state index in [1.165, 1.54) is 5.56 Å². The summed E-state index contributed by atoms with van der Waals surface area (Å²) in [6.07, 6.45) is 0.859. The maximum Gasteiger partial charge on any atom is 0.303 e. The Morgan fingerprint density at radius 1 is 1.41 bits per heavy atom. The van der Waals surface area contributed by atoms with Gasteiger partial charge in [0.25, 0.3) is 0 Å². The largest absolute Gasteiger partial charge is 0.497 e. The van der Waals surface area contributed by atoms with Gasteiger partial charge in [-0.25, -0.2) is 0 Å². The van der Waals surface area contributed by atoms with Crippen LogP contribution in [-0.2, 0) is 4.79 Å². The molecule has 94 valence electrons. The second-order valence-corrected chi connectivity index (χ2v) is 3.95. The van der Waals surface area contributed by atoms with Crippen LogP contribution in [-0.4, -0.2) is 24.7 Å². The number of carboxylic acid groups (broad SMARTS) is 1. The highest BCUT2D eigenvalue weighted by atomic mass is 16.5. The number of hydrogen-bond donors (Lipinski definition) is 2. The minimum atomic E-state index is -0.746. The van der Waals surface area contributed by atoms with Gasteiger partial charge in [-0.15, -0.1) is 0 Å². The molecule has 1 atom stereocenters. The molecular weight excluding hydrogens is 218 g/mol. The highest BCUT2D eigenvalue weighted by Gasteiger charge is 2.04. The van der Waals surface area contributed by atoms with E-state index in [1.807, 2.05) is 24.3 Å². The van der Waals surface area contributed by atoms with Gasteiger partial charge in [0.05, 0.1) is 7.11 Å². The molecule has 0 radical (unpaired) electrons. The van der Waals surface area contributed by atoms with Gasteiger partial charge in [0.1, 0.15) is 5.75 Å². The Morgan fingerprint density at radius 3 is 2.59 bits per heavy atom. The van der Waals surface area contributed by atoms with Gasteiger partial charge in [-0.2, -0.15) is 0 Å². The molecule has 0 saturated heterocycles. The number of nitrogens with one attached hydrogen (secondary N) is 1. The zero-order chi connectivity index (χ0) is 12.7. The lowest BCUT2D eigenvalue weighted by molar-refractivity contribution is -0.137. The van der Waals surface area contributed by atoms with Crippen molar-refractivity contribution in [2.24, 2.45) is 0 Å². The van der Waals surface area contributed by atoms with Crippen molar-refractivity contribution in [2.45, 2.75) is 25.8 Å². The van der Waals surface area contributed by atoms with E-state index in [1.54, 1.807) is 7.11 Å². The second-order valence-electron chi connectivity index (χ2n) is 3.95. The molecule has 1 rings (SSSR count). The second kappa shape index (κ2) is 6.91. The summed E-state index contributed by atoms with van der Waals surface area (Å²) in [6, 6.07) is 8.08. The maximum absolute atomic E-state index is 10.3. The predicted octanol–water partition coefficient (Wildman–Crippen LogP) is 2.21. The number of ether oxygens (including phenoxy) is 1. The first-order valence-corrected chi connectivity index (χ1v) is 5.72. The number of carbonyl (C=O) groups is 1. The van der Waals surface area contributed by atoms with E-state index in [0.29, 0.717) is 13.0 Å². The van der Waals surface area contributed by atoms with Crippen LogP contribution in [0, 0.1) is 0 Å². The third-order valence-corrected chi connectivity index (χ3v) is 2.63. The zero-order valence-electron chi connectivity index (χ0n) is 10.3. The highest BCUT2D eigenvalue weighted by Crippen LogP contribution is 2.17. The summed E-state index contributed by atoms with van der Waals surface area (Å²) in [6.45, 7) is 2.77. The van der Waals surface area contributed by atoms with Gasteiger partial charge in [0.15, 0.2) is 0 Å². The van der Waals surface area contributed by atoms with Crippen molar-refractivity contribution in [3.05, 3.63) is 29.8 Å². The molecule has 0 amide bonds. The van der Waals surface area contributed by atoms with Crippen molar-refractivity contribution in [1.29, 1.82) is 0 Å². The van der Waals surface area contributed by atoms with Gasteiger partial charge >= 0.3 is 5.97 Å². The Morgan fingerprint density at radius 2 is 2.06 bits per heavy atom. The van der Waals surface area contributed by atoms with Crippen LogP contribution >= 0.6 is 0 Å². The van der Waals surface area contributed by atoms with E-state index in [9.17, 15) is 4.79 Å². The van der Waals surface area contributed by atoms with Gasteiger partial charge < -0.3 is 15.2 Å².